The lowest BCUT2D eigenvalue weighted by Crippen LogP contribution is -2.49. The normalized spacial score (nSPS) is 11.4. The number of alkyl halides is 2. The van der Waals surface area contributed by atoms with Crippen molar-refractivity contribution in [2.24, 2.45) is 0 Å². The molecule has 1 rings (SSSR count). The van der Waals surface area contributed by atoms with Gasteiger partial charge in [0, 0.05) is 11.8 Å². The zero-order valence-electron chi connectivity index (χ0n) is 7.46. The molecule has 1 N–H and O–H groups in total. The SMILES string of the molecule is CC(CCl)(CCl)NC(=O)c1cnns1. The lowest BCUT2D eigenvalue weighted by molar-refractivity contribution is 0.0925. The van der Waals surface area contributed by atoms with Crippen LogP contribution in [0.15, 0.2) is 6.20 Å². The van der Waals surface area contributed by atoms with E-state index in [9.17, 15) is 4.79 Å². The second-order valence-electron chi connectivity index (χ2n) is 3.06. The first-order chi connectivity index (χ1) is 6.61. The second kappa shape index (κ2) is 4.91. The van der Waals surface area contributed by atoms with Gasteiger partial charge in [0.2, 0.25) is 0 Å². The summed E-state index contributed by atoms with van der Waals surface area (Å²) >= 11 is 12.4. The summed E-state index contributed by atoms with van der Waals surface area (Å²) in [4.78, 5) is 12.0. The predicted molar refractivity (Wildman–Crippen MR) is 57.2 cm³/mol. The Hall–Kier alpha value is -0.390. The van der Waals surface area contributed by atoms with Crippen molar-refractivity contribution >= 4 is 40.6 Å². The number of hydrogen-bond donors (Lipinski definition) is 1. The number of hydrogen-bond acceptors (Lipinski definition) is 4. The van der Waals surface area contributed by atoms with Crippen LogP contribution < -0.4 is 5.32 Å². The van der Waals surface area contributed by atoms with Crippen LogP contribution in [-0.4, -0.2) is 32.8 Å². The van der Waals surface area contributed by atoms with Crippen molar-refractivity contribution in [3.8, 4) is 0 Å². The Bertz CT molecular complexity index is 300. The molecule has 0 bridgehead atoms. The van der Waals surface area contributed by atoms with Crippen molar-refractivity contribution in [3.05, 3.63) is 11.1 Å². The molecule has 4 nitrogen and oxygen atoms in total. The van der Waals surface area contributed by atoms with Crippen LogP contribution in [0.4, 0.5) is 0 Å². The number of nitrogens with zero attached hydrogens (tertiary/aromatic N) is 2. The average Bonchev–Trinajstić information content (AvgIpc) is 2.70. The van der Waals surface area contributed by atoms with E-state index in [1.807, 2.05) is 0 Å². The van der Waals surface area contributed by atoms with Crippen molar-refractivity contribution in [3.63, 3.8) is 0 Å². The first-order valence-electron chi connectivity index (χ1n) is 3.83. The van der Waals surface area contributed by atoms with Crippen LogP contribution in [0.2, 0.25) is 0 Å². The average molecular weight is 254 g/mol. The molecule has 0 aliphatic carbocycles. The Kier molecular flexibility index (Phi) is 4.10. The van der Waals surface area contributed by atoms with Gasteiger partial charge in [-0.15, -0.1) is 28.3 Å². The van der Waals surface area contributed by atoms with Crippen molar-refractivity contribution in [1.29, 1.82) is 0 Å². The highest BCUT2D eigenvalue weighted by atomic mass is 35.5. The van der Waals surface area contributed by atoms with E-state index < -0.39 is 5.54 Å². The van der Waals surface area contributed by atoms with Gasteiger partial charge in [-0.05, 0) is 18.5 Å². The molecule has 14 heavy (non-hydrogen) atoms. The zero-order chi connectivity index (χ0) is 10.6. The topological polar surface area (TPSA) is 54.9 Å². The molecule has 1 aromatic heterocycles. The maximum absolute atomic E-state index is 11.5. The van der Waals surface area contributed by atoms with Gasteiger partial charge in [0.25, 0.3) is 5.91 Å². The molecule has 1 aromatic rings. The van der Waals surface area contributed by atoms with Crippen LogP contribution in [0.5, 0.6) is 0 Å². The molecule has 7 heteroatoms. The summed E-state index contributed by atoms with van der Waals surface area (Å²) in [6.07, 6.45) is 1.41. The number of amides is 1. The van der Waals surface area contributed by atoms with E-state index in [1.165, 1.54) is 6.20 Å². The number of nitrogens with one attached hydrogen (secondary N) is 1. The third kappa shape index (κ3) is 2.80. The number of rotatable bonds is 4. The smallest absolute Gasteiger partial charge is 0.265 e. The molecule has 1 heterocycles. The standard InChI is InChI=1S/C7H9Cl2N3OS/c1-7(3-8,4-9)11-6(13)5-2-10-12-14-5/h2H,3-4H2,1H3,(H,11,13). The minimum absolute atomic E-state index is 0.246. The maximum Gasteiger partial charge on any atom is 0.265 e. The minimum atomic E-state index is -0.593. The highest BCUT2D eigenvalue weighted by Gasteiger charge is 2.25. The predicted octanol–water partition coefficient (Wildman–Crippen LogP) is 1.50. The number of halogens is 2. The summed E-state index contributed by atoms with van der Waals surface area (Å²) in [7, 11) is 0. The molecule has 0 aromatic carbocycles. The van der Waals surface area contributed by atoms with Crippen LogP contribution in [0.1, 0.15) is 16.6 Å². The van der Waals surface area contributed by atoms with E-state index >= 15 is 0 Å². The van der Waals surface area contributed by atoms with Gasteiger partial charge < -0.3 is 5.32 Å². The fourth-order valence-electron chi connectivity index (χ4n) is 0.705. The molecular weight excluding hydrogens is 245 g/mol. The molecule has 78 valence electrons. The first kappa shape index (κ1) is 11.7. The quantitative estimate of drug-likeness (QED) is 0.828. The van der Waals surface area contributed by atoms with Crippen molar-refractivity contribution in [2.45, 2.75) is 12.5 Å². The van der Waals surface area contributed by atoms with E-state index in [4.69, 9.17) is 23.2 Å². The zero-order valence-corrected chi connectivity index (χ0v) is 9.79. The molecule has 0 saturated heterocycles. The molecule has 0 aliphatic heterocycles. The summed E-state index contributed by atoms with van der Waals surface area (Å²) < 4.78 is 3.59. The Morgan fingerprint density at radius 1 is 1.64 bits per heavy atom. The second-order valence-corrected chi connectivity index (χ2v) is 4.38. The Balaban J connectivity index is 2.65. The van der Waals surface area contributed by atoms with E-state index in [1.54, 1.807) is 6.92 Å². The minimum Gasteiger partial charge on any atom is -0.344 e. The molecule has 0 saturated carbocycles. The van der Waals surface area contributed by atoms with Crippen LogP contribution in [0.3, 0.4) is 0 Å². The third-order valence-electron chi connectivity index (χ3n) is 1.59. The van der Waals surface area contributed by atoms with Gasteiger partial charge in [-0.25, -0.2) is 0 Å². The van der Waals surface area contributed by atoms with Crippen molar-refractivity contribution in [1.82, 2.24) is 14.9 Å². The first-order valence-corrected chi connectivity index (χ1v) is 5.67. The summed E-state index contributed by atoms with van der Waals surface area (Å²) in [6.45, 7) is 1.78. The summed E-state index contributed by atoms with van der Waals surface area (Å²) in [6, 6.07) is 0. The summed E-state index contributed by atoms with van der Waals surface area (Å²) in [5.74, 6) is 0.270. The number of carbonyl (C=O) groups excluding carboxylic acids is 1. The van der Waals surface area contributed by atoms with Gasteiger partial charge in [0.1, 0.15) is 4.88 Å². The summed E-state index contributed by atoms with van der Waals surface area (Å²) in [5.41, 5.74) is -0.593. The van der Waals surface area contributed by atoms with Crippen LogP contribution in [-0.2, 0) is 0 Å². The van der Waals surface area contributed by atoms with E-state index in [2.05, 4.69) is 14.9 Å². The van der Waals surface area contributed by atoms with Gasteiger partial charge in [-0.2, -0.15) is 0 Å². The number of carbonyl (C=O) groups is 1. The Morgan fingerprint density at radius 2 is 2.29 bits per heavy atom. The molecule has 0 atom stereocenters. The molecule has 0 aliphatic rings. The van der Waals surface area contributed by atoms with Crippen LogP contribution in [0.25, 0.3) is 0 Å². The molecule has 0 unspecified atom stereocenters. The lowest BCUT2D eigenvalue weighted by atomic mass is 10.1. The van der Waals surface area contributed by atoms with Crippen LogP contribution in [0, 0.1) is 0 Å². The van der Waals surface area contributed by atoms with Gasteiger partial charge in [0.05, 0.1) is 11.7 Å². The van der Waals surface area contributed by atoms with E-state index in [0.29, 0.717) is 4.88 Å². The molecule has 1 amide bonds. The largest absolute Gasteiger partial charge is 0.344 e. The highest BCUT2D eigenvalue weighted by molar-refractivity contribution is 7.07. The molecule has 0 fully saturated rings. The summed E-state index contributed by atoms with van der Waals surface area (Å²) in [5, 5.41) is 6.29. The Labute approximate surface area is 95.8 Å². The van der Waals surface area contributed by atoms with Crippen LogP contribution >= 0.6 is 34.7 Å². The molecule has 0 radical (unpaired) electrons. The fourth-order valence-corrected chi connectivity index (χ4v) is 1.54. The van der Waals surface area contributed by atoms with Gasteiger partial charge in [0.15, 0.2) is 0 Å². The molecular formula is C7H9Cl2N3OS. The van der Waals surface area contributed by atoms with Gasteiger partial charge in [-0.1, -0.05) is 4.49 Å². The van der Waals surface area contributed by atoms with E-state index in [0.717, 1.165) is 11.5 Å². The Morgan fingerprint density at radius 3 is 2.71 bits per heavy atom. The van der Waals surface area contributed by atoms with Crippen molar-refractivity contribution < 1.29 is 4.79 Å². The third-order valence-corrected chi connectivity index (χ3v) is 3.43. The van der Waals surface area contributed by atoms with E-state index in [-0.39, 0.29) is 17.7 Å². The lowest BCUT2D eigenvalue weighted by Gasteiger charge is -2.25. The fraction of sp³-hybridized carbons (Fsp3) is 0.571. The van der Waals surface area contributed by atoms with Gasteiger partial charge >= 0.3 is 0 Å². The monoisotopic (exact) mass is 253 g/mol. The molecule has 0 spiro atoms. The van der Waals surface area contributed by atoms with Gasteiger partial charge in [-0.3, -0.25) is 4.79 Å². The van der Waals surface area contributed by atoms with Crippen molar-refractivity contribution in [2.75, 3.05) is 11.8 Å². The highest BCUT2D eigenvalue weighted by Crippen LogP contribution is 2.11. The number of aromatic nitrogens is 2. The maximum atomic E-state index is 11.5.